The van der Waals surface area contributed by atoms with Crippen LogP contribution >= 0.6 is 0 Å². The fourth-order valence-electron chi connectivity index (χ4n) is 3.96. The Morgan fingerprint density at radius 3 is 2.38 bits per heavy atom. The van der Waals surface area contributed by atoms with Gasteiger partial charge < -0.3 is 14.6 Å². The lowest BCUT2D eigenvalue weighted by Gasteiger charge is -2.22. The number of benzene rings is 2. The average molecular weight is 553 g/mol. The molecule has 0 spiro atoms. The topological polar surface area (TPSA) is 152 Å². The van der Waals surface area contributed by atoms with Crippen molar-refractivity contribution in [2.24, 2.45) is 0 Å². The van der Waals surface area contributed by atoms with E-state index in [4.69, 9.17) is 14.7 Å². The standard InChI is InChI=1S/C26H25FN6O5S/c1-15-10-18(14-29-13-15)25-30-31-26(33(25)23-21(37-3)6-5-7-22(23)38-4)32-39(35,36)16(2)24(34)19-9-8-17(12-28)11-20(19)27/h5-11,13-14,16,24,34H,1-4H3,(H,31,32)/t16-,24-/m0/s1. The molecule has 2 aromatic heterocycles. The lowest BCUT2D eigenvalue weighted by molar-refractivity contribution is 0.171. The maximum atomic E-state index is 14.6. The number of aliphatic hydroxyl groups excluding tert-OH is 1. The van der Waals surface area contributed by atoms with Crippen molar-refractivity contribution < 1.29 is 27.4 Å². The van der Waals surface area contributed by atoms with Crippen LogP contribution in [0.25, 0.3) is 17.1 Å². The van der Waals surface area contributed by atoms with Gasteiger partial charge in [0.15, 0.2) is 5.82 Å². The molecular formula is C26H25FN6O5S. The van der Waals surface area contributed by atoms with Crippen molar-refractivity contribution in [1.29, 1.82) is 5.26 Å². The summed E-state index contributed by atoms with van der Waals surface area (Å²) in [5, 5.41) is 26.5. The molecule has 0 amide bonds. The third kappa shape index (κ3) is 5.38. The van der Waals surface area contributed by atoms with Gasteiger partial charge in [0.25, 0.3) is 0 Å². The quantitative estimate of drug-likeness (QED) is 0.318. The number of halogens is 1. The fourth-order valence-corrected chi connectivity index (χ4v) is 5.02. The monoisotopic (exact) mass is 552 g/mol. The third-order valence-electron chi connectivity index (χ3n) is 6.04. The Kier molecular flexibility index (Phi) is 7.80. The summed E-state index contributed by atoms with van der Waals surface area (Å²) in [5.41, 5.74) is 1.44. The molecule has 0 bridgehead atoms. The number of aryl methyl sites for hydroxylation is 1. The second kappa shape index (κ2) is 11.1. The average Bonchev–Trinajstić information content (AvgIpc) is 3.33. The van der Waals surface area contributed by atoms with Crippen LogP contribution in [0.15, 0.2) is 54.9 Å². The number of nitrogens with zero attached hydrogens (tertiary/aromatic N) is 5. The predicted octanol–water partition coefficient (Wildman–Crippen LogP) is 3.53. The predicted molar refractivity (Wildman–Crippen MR) is 141 cm³/mol. The molecule has 0 saturated carbocycles. The lowest BCUT2D eigenvalue weighted by atomic mass is 10.0. The zero-order valence-electron chi connectivity index (χ0n) is 21.5. The molecule has 0 fully saturated rings. The second-order valence-electron chi connectivity index (χ2n) is 8.59. The number of ether oxygens (including phenoxy) is 2. The van der Waals surface area contributed by atoms with Crippen LogP contribution in [0, 0.1) is 24.1 Å². The first-order valence-corrected chi connectivity index (χ1v) is 13.1. The Morgan fingerprint density at radius 2 is 1.79 bits per heavy atom. The van der Waals surface area contributed by atoms with Gasteiger partial charge in [-0.1, -0.05) is 12.1 Å². The molecule has 11 nitrogen and oxygen atoms in total. The van der Waals surface area contributed by atoms with Crippen LogP contribution in [0.5, 0.6) is 11.5 Å². The van der Waals surface area contributed by atoms with Crippen molar-refractivity contribution in [1.82, 2.24) is 19.7 Å². The summed E-state index contributed by atoms with van der Waals surface area (Å²) in [6.07, 6.45) is 1.45. The van der Waals surface area contributed by atoms with Gasteiger partial charge in [-0.15, -0.1) is 10.2 Å². The Morgan fingerprint density at radius 1 is 1.10 bits per heavy atom. The molecule has 4 aromatic rings. The molecule has 0 aliphatic heterocycles. The SMILES string of the molecule is COc1cccc(OC)c1-n1c(NS(=O)(=O)[C@@H](C)[C@H](O)c2ccc(C#N)cc2F)nnc1-c1cncc(C)c1. The summed E-state index contributed by atoms with van der Waals surface area (Å²) < 4.78 is 56.3. The van der Waals surface area contributed by atoms with Crippen molar-refractivity contribution in [2.75, 3.05) is 18.9 Å². The van der Waals surface area contributed by atoms with Gasteiger partial charge >= 0.3 is 0 Å². The van der Waals surface area contributed by atoms with Crippen LogP contribution in [0.1, 0.15) is 29.7 Å². The van der Waals surface area contributed by atoms with Crippen molar-refractivity contribution >= 4 is 16.0 Å². The van der Waals surface area contributed by atoms with Crippen LogP contribution in [0.2, 0.25) is 0 Å². The molecule has 0 aliphatic carbocycles. The first-order chi connectivity index (χ1) is 18.6. The number of rotatable bonds is 9. The molecule has 2 atom stereocenters. The summed E-state index contributed by atoms with van der Waals surface area (Å²) in [4.78, 5) is 4.20. The summed E-state index contributed by atoms with van der Waals surface area (Å²) in [5.74, 6) is -0.222. The third-order valence-corrected chi connectivity index (χ3v) is 7.74. The number of methoxy groups -OCH3 is 2. The highest BCUT2D eigenvalue weighted by Crippen LogP contribution is 2.38. The summed E-state index contributed by atoms with van der Waals surface area (Å²) in [6.45, 7) is 3.07. The minimum Gasteiger partial charge on any atom is -0.494 e. The number of aliphatic hydroxyl groups is 1. The zero-order valence-corrected chi connectivity index (χ0v) is 22.3. The fraction of sp³-hybridized carbons (Fsp3) is 0.231. The number of sulfonamides is 1. The number of pyridine rings is 1. The molecule has 39 heavy (non-hydrogen) atoms. The van der Waals surface area contributed by atoms with E-state index < -0.39 is 27.2 Å². The van der Waals surface area contributed by atoms with E-state index in [0.717, 1.165) is 11.6 Å². The molecule has 0 aliphatic rings. The highest BCUT2D eigenvalue weighted by Gasteiger charge is 2.33. The van der Waals surface area contributed by atoms with Gasteiger partial charge in [-0.25, -0.2) is 12.8 Å². The lowest BCUT2D eigenvalue weighted by Crippen LogP contribution is -2.32. The van der Waals surface area contributed by atoms with Crippen molar-refractivity contribution in [3.63, 3.8) is 0 Å². The van der Waals surface area contributed by atoms with Crippen LogP contribution < -0.4 is 14.2 Å². The van der Waals surface area contributed by atoms with Gasteiger partial charge in [0, 0.05) is 23.5 Å². The number of aromatic nitrogens is 4. The van der Waals surface area contributed by atoms with Gasteiger partial charge in [0.05, 0.1) is 25.9 Å². The Bertz CT molecular complexity index is 1650. The highest BCUT2D eigenvalue weighted by atomic mass is 32.2. The molecule has 0 saturated heterocycles. The van der Waals surface area contributed by atoms with E-state index in [1.807, 2.05) is 6.92 Å². The minimum atomic E-state index is -4.39. The smallest absolute Gasteiger partial charge is 0.243 e. The number of para-hydroxylation sites is 1. The molecule has 0 radical (unpaired) electrons. The summed E-state index contributed by atoms with van der Waals surface area (Å²) in [7, 11) is -1.49. The van der Waals surface area contributed by atoms with Gasteiger partial charge in [-0.05, 0) is 49.7 Å². The maximum absolute atomic E-state index is 14.6. The number of hydrogen-bond acceptors (Lipinski definition) is 9. The minimum absolute atomic E-state index is 0.0362. The first-order valence-electron chi connectivity index (χ1n) is 11.6. The summed E-state index contributed by atoms with van der Waals surface area (Å²) >= 11 is 0. The molecular weight excluding hydrogens is 527 g/mol. The molecule has 4 rings (SSSR count). The van der Waals surface area contributed by atoms with E-state index in [1.165, 1.54) is 37.8 Å². The van der Waals surface area contributed by atoms with Crippen LogP contribution in [-0.2, 0) is 10.0 Å². The Balaban J connectivity index is 1.83. The van der Waals surface area contributed by atoms with E-state index in [2.05, 4.69) is 19.9 Å². The van der Waals surface area contributed by atoms with Crippen molar-refractivity contribution in [3.8, 4) is 34.6 Å². The van der Waals surface area contributed by atoms with Crippen molar-refractivity contribution in [2.45, 2.75) is 25.2 Å². The molecule has 202 valence electrons. The Labute approximate surface area is 224 Å². The van der Waals surface area contributed by atoms with E-state index in [1.54, 1.807) is 42.7 Å². The van der Waals surface area contributed by atoms with Crippen LogP contribution in [-0.4, -0.2) is 52.7 Å². The molecule has 2 aromatic carbocycles. The van der Waals surface area contributed by atoms with Gasteiger partial charge in [-0.2, -0.15) is 5.26 Å². The second-order valence-corrected chi connectivity index (χ2v) is 10.6. The Hall–Kier alpha value is -4.54. The van der Waals surface area contributed by atoms with E-state index in [-0.39, 0.29) is 22.9 Å². The number of anilines is 1. The number of nitriles is 1. The number of hydrogen-bond donors (Lipinski definition) is 2. The molecule has 2 N–H and O–H groups in total. The molecule has 0 unspecified atom stereocenters. The maximum Gasteiger partial charge on any atom is 0.243 e. The van der Waals surface area contributed by atoms with E-state index >= 15 is 0 Å². The van der Waals surface area contributed by atoms with Gasteiger partial charge in [0.1, 0.15) is 34.4 Å². The normalized spacial score (nSPS) is 12.8. The van der Waals surface area contributed by atoms with E-state index in [9.17, 15) is 17.9 Å². The van der Waals surface area contributed by atoms with Crippen molar-refractivity contribution in [3.05, 3.63) is 77.4 Å². The van der Waals surface area contributed by atoms with Gasteiger partial charge in [0.2, 0.25) is 16.0 Å². The molecule has 13 heteroatoms. The highest BCUT2D eigenvalue weighted by molar-refractivity contribution is 7.93. The van der Waals surface area contributed by atoms with E-state index in [0.29, 0.717) is 22.7 Å². The zero-order chi connectivity index (χ0) is 28.3. The van der Waals surface area contributed by atoms with Crippen LogP contribution in [0.3, 0.4) is 0 Å². The van der Waals surface area contributed by atoms with Gasteiger partial charge in [-0.3, -0.25) is 14.3 Å². The number of nitrogens with one attached hydrogen (secondary N) is 1. The first kappa shape index (κ1) is 27.5. The molecule has 2 heterocycles. The van der Waals surface area contributed by atoms with Crippen LogP contribution in [0.4, 0.5) is 10.3 Å². The largest absolute Gasteiger partial charge is 0.494 e. The summed E-state index contributed by atoms with van der Waals surface area (Å²) in [6, 6.07) is 12.0.